The molecule has 2 aromatic carbocycles. The van der Waals surface area contributed by atoms with Crippen LogP contribution in [0.25, 0.3) is 0 Å². The number of aryl methyl sites for hydroxylation is 1. The molecule has 1 heterocycles. The number of nitrogens with one attached hydrogen (secondary N) is 1. The molecule has 3 aromatic rings. The topological polar surface area (TPSA) is 64.0 Å². The van der Waals surface area contributed by atoms with E-state index in [4.69, 9.17) is 11.6 Å². The summed E-state index contributed by atoms with van der Waals surface area (Å²) in [6.07, 6.45) is 0. The van der Waals surface area contributed by atoms with Gasteiger partial charge >= 0.3 is 0 Å². The van der Waals surface area contributed by atoms with Crippen molar-refractivity contribution in [3.8, 4) is 0 Å². The summed E-state index contributed by atoms with van der Waals surface area (Å²) in [5, 5.41) is 7.59. The minimum absolute atomic E-state index is 0.161. The summed E-state index contributed by atoms with van der Waals surface area (Å²) < 4.78 is 1.56. The van der Waals surface area contributed by atoms with Gasteiger partial charge in [-0.25, -0.2) is 0 Å². The Hall–Kier alpha value is -2.92. The number of halogens is 1. The molecule has 0 saturated heterocycles. The largest absolute Gasteiger partial charge is 0.321 e. The predicted octanol–water partition coefficient (Wildman–Crippen LogP) is 4.85. The summed E-state index contributed by atoms with van der Waals surface area (Å²) in [6.45, 7) is 6.12. The molecular weight excluding hydrogens is 374 g/mol. The Morgan fingerprint density at radius 3 is 2.32 bits per heavy atom. The number of hydrogen-bond donors (Lipinski definition) is 1. The van der Waals surface area contributed by atoms with Gasteiger partial charge in [0.15, 0.2) is 5.78 Å². The SMILES string of the molecule is Cn1nc(C(C)(C)C)cc1C(=O)Nc1ccc(Cl)c(C(=O)c2ccccc2)c1. The van der Waals surface area contributed by atoms with Crippen molar-refractivity contribution in [3.63, 3.8) is 0 Å². The average molecular weight is 396 g/mol. The molecule has 6 heteroatoms. The van der Waals surface area contributed by atoms with Crippen LogP contribution >= 0.6 is 11.6 Å². The van der Waals surface area contributed by atoms with Gasteiger partial charge in [0.1, 0.15) is 5.69 Å². The van der Waals surface area contributed by atoms with Gasteiger partial charge in [-0.15, -0.1) is 0 Å². The van der Waals surface area contributed by atoms with E-state index in [1.165, 1.54) is 0 Å². The molecule has 1 N–H and O–H groups in total. The Kier molecular flexibility index (Phi) is 5.38. The third-order valence-electron chi connectivity index (χ3n) is 4.39. The van der Waals surface area contributed by atoms with Gasteiger partial charge in [0.2, 0.25) is 0 Å². The fourth-order valence-electron chi connectivity index (χ4n) is 2.76. The number of benzene rings is 2. The Morgan fingerprint density at radius 2 is 1.71 bits per heavy atom. The van der Waals surface area contributed by atoms with Crippen molar-refractivity contribution >= 4 is 29.0 Å². The van der Waals surface area contributed by atoms with Gasteiger partial charge in [-0.05, 0) is 24.3 Å². The first-order valence-corrected chi connectivity index (χ1v) is 9.30. The summed E-state index contributed by atoms with van der Waals surface area (Å²) in [5.74, 6) is -0.497. The normalized spacial score (nSPS) is 11.3. The van der Waals surface area contributed by atoms with Gasteiger partial charge in [-0.3, -0.25) is 14.3 Å². The highest BCUT2D eigenvalue weighted by Crippen LogP contribution is 2.25. The second kappa shape index (κ2) is 7.60. The molecule has 0 radical (unpaired) electrons. The molecule has 0 aliphatic rings. The highest BCUT2D eigenvalue weighted by molar-refractivity contribution is 6.35. The van der Waals surface area contributed by atoms with Crippen molar-refractivity contribution in [2.24, 2.45) is 7.05 Å². The van der Waals surface area contributed by atoms with Crippen LogP contribution < -0.4 is 5.32 Å². The van der Waals surface area contributed by atoms with Crippen LogP contribution in [0.5, 0.6) is 0 Å². The van der Waals surface area contributed by atoms with Gasteiger partial charge in [-0.2, -0.15) is 5.10 Å². The number of ketones is 1. The fourth-order valence-corrected chi connectivity index (χ4v) is 2.97. The molecule has 28 heavy (non-hydrogen) atoms. The van der Waals surface area contributed by atoms with E-state index in [1.807, 2.05) is 26.8 Å². The first kappa shape index (κ1) is 19.8. The molecule has 1 amide bonds. The number of carbonyl (C=O) groups excluding carboxylic acids is 2. The third kappa shape index (κ3) is 4.15. The lowest BCUT2D eigenvalue weighted by Crippen LogP contribution is -2.16. The Morgan fingerprint density at radius 1 is 1.04 bits per heavy atom. The zero-order valence-electron chi connectivity index (χ0n) is 16.3. The Bertz CT molecular complexity index is 1030. The van der Waals surface area contributed by atoms with Crippen LogP contribution in [0.2, 0.25) is 5.02 Å². The minimum atomic E-state index is -0.300. The molecule has 5 nitrogen and oxygen atoms in total. The molecule has 1 aromatic heterocycles. The van der Waals surface area contributed by atoms with Gasteiger partial charge in [0.05, 0.1) is 10.7 Å². The zero-order chi connectivity index (χ0) is 20.5. The van der Waals surface area contributed by atoms with Gasteiger partial charge in [0.25, 0.3) is 5.91 Å². The summed E-state index contributed by atoms with van der Waals surface area (Å²) in [6, 6.07) is 15.5. The van der Waals surface area contributed by atoms with Crippen LogP contribution in [0.3, 0.4) is 0 Å². The van der Waals surface area contributed by atoms with E-state index >= 15 is 0 Å². The van der Waals surface area contributed by atoms with E-state index in [9.17, 15) is 9.59 Å². The van der Waals surface area contributed by atoms with E-state index < -0.39 is 0 Å². The standard InChI is InChI=1S/C22H22ClN3O2/c1-22(2,3)19-13-18(26(4)25-19)21(28)24-15-10-11-17(23)16(12-15)20(27)14-8-6-5-7-9-14/h5-13H,1-4H3,(H,24,28). The van der Waals surface area contributed by atoms with E-state index in [1.54, 1.807) is 60.3 Å². The third-order valence-corrected chi connectivity index (χ3v) is 4.72. The molecule has 0 bridgehead atoms. The number of aromatic nitrogens is 2. The van der Waals surface area contributed by atoms with E-state index in [2.05, 4.69) is 10.4 Å². The van der Waals surface area contributed by atoms with Crippen molar-refractivity contribution in [2.45, 2.75) is 26.2 Å². The second-order valence-corrected chi connectivity index (χ2v) is 8.04. The first-order chi connectivity index (χ1) is 13.2. The number of hydrogen-bond acceptors (Lipinski definition) is 3. The van der Waals surface area contributed by atoms with Crippen LogP contribution in [0.1, 0.15) is 52.9 Å². The minimum Gasteiger partial charge on any atom is -0.321 e. The number of rotatable bonds is 4. The second-order valence-electron chi connectivity index (χ2n) is 7.63. The molecule has 0 saturated carbocycles. The summed E-state index contributed by atoms with van der Waals surface area (Å²) in [7, 11) is 1.73. The molecule has 0 aliphatic heterocycles. The van der Waals surface area contributed by atoms with E-state index in [0.29, 0.717) is 27.5 Å². The average Bonchev–Trinajstić information content (AvgIpc) is 3.06. The van der Waals surface area contributed by atoms with Crippen molar-refractivity contribution in [2.75, 3.05) is 5.32 Å². The van der Waals surface area contributed by atoms with E-state index in [0.717, 1.165) is 5.69 Å². The molecular formula is C22H22ClN3O2. The number of anilines is 1. The lowest BCUT2D eigenvalue weighted by Gasteiger charge is -2.13. The molecule has 0 unspecified atom stereocenters. The Balaban J connectivity index is 1.87. The van der Waals surface area contributed by atoms with Crippen LogP contribution in [-0.2, 0) is 12.5 Å². The van der Waals surface area contributed by atoms with Gasteiger partial charge in [0, 0.05) is 29.3 Å². The van der Waals surface area contributed by atoms with Crippen LogP contribution in [0, 0.1) is 0 Å². The van der Waals surface area contributed by atoms with Crippen LogP contribution in [0.4, 0.5) is 5.69 Å². The quantitative estimate of drug-likeness (QED) is 0.642. The van der Waals surface area contributed by atoms with Crippen LogP contribution in [0.15, 0.2) is 54.6 Å². The highest BCUT2D eigenvalue weighted by atomic mass is 35.5. The van der Waals surface area contributed by atoms with Crippen LogP contribution in [-0.4, -0.2) is 21.5 Å². The first-order valence-electron chi connectivity index (χ1n) is 8.92. The number of nitrogens with zero attached hydrogens (tertiary/aromatic N) is 2. The highest BCUT2D eigenvalue weighted by Gasteiger charge is 2.22. The number of amides is 1. The monoisotopic (exact) mass is 395 g/mol. The molecule has 3 rings (SSSR count). The van der Waals surface area contributed by atoms with Gasteiger partial charge in [-0.1, -0.05) is 62.7 Å². The molecule has 0 spiro atoms. The van der Waals surface area contributed by atoms with Crippen molar-refractivity contribution in [3.05, 3.63) is 82.1 Å². The molecule has 0 fully saturated rings. The maximum atomic E-state index is 12.7. The number of carbonyl (C=O) groups is 2. The summed E-state index contributed by atoms with van der Waals surface area (Å²) >= 11 is 6.23. The maximum absolute atomic E-state index is 12.7. The lowest BCUT2D eigenvalue weighted by atomic mass is 9.92. The molecule has 144 valence electrons. The van der Waals surface area contributed by atoms with Crippen molar-refractivity contribution in [1.82, 2.24) is 9.78 Å². The smallest absolute Gasteiger partial charge is 0.273 e. The van der Waals surface area contributed by atoms with Crippen molar-refractivity contribution < 1.29 is 9.59 Å². The van der Waals surface area contributed by atoms with Crippen molar-refractivity contribution in [1.29, 1.82) is 0 Å². The maximum Gasteiger partial charge on any atom is 0.273 e. The summed E-state index contributed by atoms with van der Waals surface area (Å²) in [4.78, 5) is 25.5. The predicted molar refractivity (Wildman–Crippen MR) is 111 cm³/mol. The van der Waals surface area contributed by atoms with Gasteiger partial charge < -0.3 is 5.32 Å². The molecule has 0 atom stereocenters. The molecule has 0 aliphatic carbocycles. The lowest BCUT2D eigenvalue weighted by molar-refractivity contribution is 0.101. The van der Waals surface area contributed by atoms with E-state index in [-0.39, 0.29) is 17.1 Å². The fraction of sp³-hybridized carbons (Fsp3) is 0.227. The summed E-state index contributed by atoms with van der Waals surface area (Å²) in [5.41, 5.74) is 2.48. The zero-order valence-corrected chi connectivity index (χ0v) is 17.0. The Labute approximate surface area is 169 Å².